The number of aliphatic hydroxyl groups is 2. The maximum absolute atomic E-state index is 12.4. The van der Waals surface area contributed by atoms with E-state index in [1.165, 1.54) is 23.0 Å². The van der Waals surface area contributed by atoms with Crippen LogP contribution in [-0.4, -0.2) is 59.5 Å². The molecular formula is C16H18N5O7P. The van der Waals surface area contributed by atoms with Crippen LogP contribution in [-0.2, 0) is 13.8 Å². The third-order valence-corrected chi connectivity index (χ3v) is 6.01. The molecule has 1 aliphatic heterocycles. The van der Waals surface area contributed by atoms with Crippen LogP contribution >= 0.6 is 7.60 Å². The molecule has 154 valence electrons. The molecule has 5 atom stereocenters. The number of aromatic amines is 1. The molecule has 0 spiro atoms. The Morgan fingerprint density at radius 3 is 2.72 bits per heavy atom. The number of fused-ring (bicyclic) bond motifs is 1. The highest BCUT2D eigenvalue weighted by Crippen LogP contribution is 2.42. The first kappa shape index (κ1) is 19.7. The molecular weight excluding hydrogens is 405 g/mol. The number of imidazole rings is 1. The smallest absolute Gasteiger partial charge is 0.358 e. The second kappa shape index (κ2) is 7.34. The minimum Gasteiger partial charge on any atom is -0.387 e. The minimum atomic E-state index is -4.14. The second-order valence-electron chi connectivity index (χ2n) is 6.47. The Kier molecular flexibility index (Phi) is 4.99. The molecule has 0 amide bonds. The maximum Gasteiger partial charge on any atom is 0.358 e. The molecule has 0 saturated carbocycles. The number of nitrogens with two attached hydrogens (primary N) is 1. The fourth-order valence-electron chi connectivity index (χ4n) is 3.09. The second-order valence-corrected chi connectivity index (χ2v) is 8.29. The zero-order chi connectivity index (χ0) is 20.8. The van der Waals surface area contributed by atoms with Crippen LogP contribution in [0.3, 0.4) is 0 Å². The van der Waals surface area contributed by atoms with Gasteiger partial charge < -0.3 is 30.1 Å². The van der Waals surface area contributed by atoms with Gasteiger partial charge in [-0.25, -0.2) is 4.98 Å². The number of nitrogen functional groups attached to an aromatic ring is 1. The quantitative estimate of drug-likeness (QED) is 0.314. The fourth-order valence-corrected chi connectivity index (χ4v) is 4.14. The summed E-state index contributed by atoms with van der Waals surface area (Å²) in [6, 6.07) is 7.75. The summed E-state index contributed by atoms with van der Waals surface area (Å²) in [6.45, 7) is -0.458. The molecule has 6 N–H and O–H groups in total. The molecule has 1 saturated heterocycles. The average Bonchev–Trinajstić information content (AvgIpc) is 3.23. The molecule has 1 unspecified atom stereocenters. The van der Waals surface area contributed by atoms with Crippen LogP contribution in [0.15, 0.2) is 41.5 Å². The van der Waals surface area contributed by atoms with Gasteiger partial charge in [0.2, 0.25) is 5.95 Å². The summed E-state index contributed by atoms with van der Waals surface area (Å²) in [6.07, 6.45) is -3.91. The molecule has 4 rings (SSSR count). The molecule has 3 aromatic rings. The van der Waals surface area contributed by atoms with Crippen LogP contribution < -0.4 is 16.6 Å². The van der Waals surface area contributed by atoms with E-state index in [-0.39, 0.29) is 22.4 Å². The van der Waals surface area contributed by atoms with E-state index in [0.717, 1.165) is 0 Å². The van der Waals surface area contributed by atoms with Crippen LogP contribution in [0.2, 0.25) is 0 Å². The van der Waals surface area contributed by atoms with E-state index in [1.54, 1.807) is 18.2 Å². The van der Waals surface area contributed by atoms with E-state index >= 15 is 0 Å². The van der Waals surface area contributed by atoms with Gasteiger partial charge in [0, 0.05) is 0 Å². The molecule has 12 nitrogen and oxygen atoms in total. The Morgan fingerprint density at radius 2 is 2.00 bits per heavy atom. The summed E-state index contributed by atoms with van der Waals surface area (Å²) in [7, 11) is -4.14. The molecule has 1 fully saturated rings. The molecule has 0 radical (unpaired) electrons. The van der Waals surface area contributed by atoms with Crippen molar-refractivity contribution in [2.75, 3.05) is 12.3 Å². The average molecular weight is 423 g/mol. The number of aliphatic hydroxyl groups excluding tert-OH is 2. The van der Waals surface area contributed by atoms with Gasteiger partial charge >= 0.3 is 7.60 Å². The van der Waals surface area contributed by atoms with Gasteiger partial charge in [-0.2, -0.15) is 4.98 Å². The van der Waals surface area contributed by atoms with Crippen molar-refractivity contribution in [2.24, 2.45) is 0 Å². The number of rotatable bonds is 5. The first-order valence-corrected chi connectivity index (χ1v) is 10.1. The van der Waals surface area contributed by atoms with Gasteiger partial charge in [0.15, 0.2) is 17.4 Å². The van der Waals surface area contributed by atoms with E-state index in [1.807, 2.05) is 0 Å². The number of ether oxygens (including phenoxy) is 1. The summed E-state index contributed by atoms with van der Waals surface area (Å²) in [5, 5.41) is 20.8. The van der Waals surface area contributed by atoms with Crippen molar-refractivity contribution in [1.82, 2.24) is 19.5 Å². The van der Waals surface area contributed by atoms with E-state index in [9.17, 15) is 24.5 Å². The Labute approximate surface area is 163 Å². The maximum atomic E-state index is 12.4. The number of benzene rings is 1. The highest BCUT2D eigenvalue weighted by Gasteiger charge is 2.45. The van der Waals surface area contributed by atoms with Crippen LogP contribution in [0, 0.1) is 0 Å². The normalized spacial score (nSPS) is 26.6. The lowest BCUT2D eigenvalue weighted by Crippen LogP contribution is -2.34. The number of H-pyrrole nitrogens is 1. The molecule has 3 heterocycles. The fraction of sp³-hybridized carbons (Fsp3) is 0.312. The molecule has 1 aliphatic rings. The van der Waals surface area contributed by atoms with Crippen LogP contribution in [0.5, 0.6) is 0 Å². The predicted octanol–water partition coefficient (Wildman–Crippen LogP) is -1.15. The van der Waals surface area contributed by atoms with Gasteiger partial charge in [0.25, 0.3) is 5.56 Å². The van der Waals surface area contributed by atoms with Gasteiger partial charge in [0.1, 0.15) is 18.3 Å². The number of aromatic nitrogens is 4. The lowest BCUT2D eigenvalue weighted by molar-refractivity contribution is -0.0481. The van der Waals surface area contributed by atoms with Gasteiger partial charge in [0.05, 0.1) is 18.2 Å². The summed E-state index contributed by atoms with van der Waals surface area (Å²) in [5.41, 5.74) is 5.02. The van der Waals surface area contributed by atoms with E-state index < -0.39 is 44.3 Å². The lowest BCUT2D eigenvalue weighted by atomic mass is 10.1. The van der Waals surface area contributed by atoms with Crippen LogP contribution in [0.1, 0.15) is 6.23 Å². The summed E-state index contributed by atoms with van der Waals surface area (Å²) >= 11 is 0. The Hall–Kier alpha value is -2.60. The van der Waals surface area contributed by atoms with Crippen molar-refractivity contribution >= 4 is 30.0 Å². The Balaban J connectivity index is 1.55. The molecule has 0 aliphatic carbocycles. The predicted molar refractivity (Wildman–Crippen MR) is 100 cm³/mol. The third kappa shape index (κ3) is 3.57. The Bertz CT molecular complexity index is 1130. The largest absolute Gasteiger partial charge is 0.387 e. The number of hydrogen-bond donors (Lipinski definition) is 5. The highest BCUT2D eigenvalue weighted by atomic mass is 31.2. The zero-order valence-corrected chi connectivity index (χ0v) is 15.7. The van der Waals surface area contributed by atoms with E-state index in [0.29, 0.717) is 0 Å². The van der Waals surface area contributed by atoms with Crippen LogP contribution in [0.25, 0.3) is 11.2 Å². The number of nitrogens with one attached hydrogen (secondary N) is 1. The molecule has 1 aromatic carbocycles. The molecule has 2 aromatic heterocycles. The van der Waals surface area contributed by atoms with Crippen molar-refractivity contribution in [3.05, 3.63) is 47.0 Å². The van der Waals surface area contributed by atoms with Crippen molar-refractivity contribution in [2.45, 2.75) is 24.5 Å². The lowest BCUT2D eigenvalue weighted by Gasteiger charge is -2.18. The number of hydrogen-bond acceptors (Lipinski definition) is 9. The summed E-state index contributed by atoms with van der Waals surface area (Å²) in [5.74, 6) is -0.152. The van der Waals surface area contributed by atoms with Crippen molar-refractivity contribution in [1.29, 1.82) is 0 Å². The van der Waals surface area contributed by atoms with Crippen LogP contribution in [0.4, 0.5) is 5.95 Å². The van der Waals surface area contributed by atoms with Gasteiger partial charge in [-0.3, -0.25) is 18.9 Å². The highest BCUT2D eigenvalue weighted by molar-refractivity contribution is 7.61. The first-order chi connectivity index (χ1) is 13.8. The zero-order valence-electron chi connectivity index (χ0n) is 14.8. The molecule has 13 heteroatoms. The molecule has 29 heavy (non-hydrogen) atoms. The standard InChI is InChI=1S/C16H18N5O7P/c17-16-19-13-10(14(24)20-16)18-7-21(13)15-12(23)11(22)9(28-15)6-27-29(25,26)8-4-2-1-3-5-8/h1-5,7,9,11-12,15,22-23H,6H2,(H,25,26)(H3,17,19,20,24)/t9-,11-,12-,15-/m1/s1. The van der Waals surface area contributed by atoms with E-state index in [2.05, 4.69) is 15.0 Å². The Morgan fingerprint density at radius 1 is 1.28 bits per heavy atom. The first-order valence-electron chi connectivity index (χ1n) is 8.55. The van der Waals surface area contributed by atoms with Gasteiger partial charge in [-0.1, -0.05) is 18.2 Å². The summed E-state index contributed by atoms with van der Waals surface area (Å²) < 4.78 is 24.4. The number of anilines is 1. The SMILES string of the molecule is Nc1nc2c(ncn2[C@@H]2O[C@H](COP(=O)(O)c3ccccc3)[C@@H](O)[C@H]2O)c(=O)[nH]1. The van der Waals surface area contributed by atoms with Crippen molar-refractivity contribution < 1.29 is 28.9 Å². The minimum absolute atomic E-state index is 0.0203. The van der Waals surface area contributed by atoms with Gasteiger partial charge in [-0.05, 0) is 12.1 Å². The van der Waals surface area contributed by atoms with Gasteiger partial charge in [-0.15, -0.1) is 0 Å². The van der Waals surface area contributed by atoms with Crippen molar-refractivity contribution in [3.63, 3.8) is 0 Å². The molecule has 0 bridgehead atoms. The summed E-state index contributed by atoms with van der Waals surface area (Å²) in [4.78, 5) is 32.2. The monoisotopic (exact) mass is 423 g/mol. The topological polar surface area (TPSA) is 186 Å². The van der Waals surface area contributed by atoms with E-state index in [4.69, 9.17) is 15.0 Å². The third-order valence-electron chi connectivity index (χ3n) is 4.56. The van der Waals surface area contributed by atoms with Crippen molar-refractivity contribution in [3.8, 4) is 0 Å². The number of nitrogens with zero attached hydrogens (tertiary/aromatic N) is 3.